The first-order valence-electron chi connectivity index (χ1n) is 6.78. The zero-order valence-electron chi connectivity index (χ0n) is 11.6. The Morgan fingerprint density at radius 3 is 2.50 bits per heavy atom. The zero-order valence-corrected chi connectivity index (χ0v) is 13.1. The maximum absolute atomic E-state index is 6.02. The molecule has 0 aliphatic rings. The third-order valence-corrected chi connectivity index (χ3v) is 3.63. The van der Waals surface area contributed by atoms with Gasteiger partial charge in [-0.15, -0.1) is 0 Å². The summed E-state index contributed by atoms with van der Waals surface area (Å²) in [4.78, 5) is 8.75. The van der Waals surface area contributed by atoms with E-state index in [1.165, 1.54) is 0 Å². The Morgan fingerprint density at radius 2 is 1.73 bits per heavy atom. The van der Waals surface area contributed by atoms with Crippen LogP contribution in [0.5, 0.6) is 0 Å². The van der Waals surface area contributed by atoms with Crippen molar-refractivity contribution < 1.29 is 0 Å². The molecule has 0 saturated carbocycles. The highest BCUT2D eigenvalue weighted by molar-refractivity contribution is 6.31. The van der Waals surface area contributed by atoms with Crippen molar-refractivity contribution in [2.24, 2.45) is 0 Å². The van der Waals surface area contributed by atoms with E-state index < -0.39 is 0 Å². The van der Waals surface area contributed by atoms with E-state index >= 15 is 0 Å². The SMILES string of the molecule is Clc1ccc(CNc2nccc(-c3cccc(Cl)c3)n2)cc1. The number of anilines is 1. The number of aromatic nitrogens is 2. The lowest BCUT2D eigenvalue weighted by Gasteiger charge is -2.07. The molecule has 3 nitrogen and oxygen atoms in total. The third-order valence-electron chi connectivity index (χ3n) is 3.14. The molecule has 1 N–H and O–H groups in total. The summed E-state index contributed by atoms with van der Waals surface area (Å²) in [7, 11) is 0. The summed E-state index contributed by atoms with van der Waals surface area (Å²) in [6.45, 7) is 0.635. The predicted octanol–water partition coefficient (Wildman–Crippen LogP) is 5.06. The summed E-state index contributed by atoms with van der Waals surface area (Å²) in [5.41, 5.74) is 2.90. The van der Waals surface area contributed by atoms with E-state index in [4.69, 9.17) is 23.2 Å². The van der Waals surface area contributed by atoms with E-state index in [2.05, 4.69) is 15.3 Å². The van der Waals surface area contributed by atoms with Crippen LogP contribution >= 0.6 is 23.2 Å². The van der Waals surface area contributed by atoms with Crippen LogP contribution in [0, 0.1) is 0 Å². The van der Waals surface area contributed by atoms with Crippen LogP contribution in [0.3, 0.4) is 0 Å². The summed E-state index contributed by atoms with van der Waals surface area (Å²) in [5, 5.41) is 4.62. The molecule has 0 aliphatic heterocycles. The molecule has 0 amide bonds. The number of halogens is 2. The first-order chi connectivity index (χ1) is 10.7. The number of rotatable bonds is 4. The van der Waals surface area contributed by atoms with Gasteiger partial charge in [0, 0.05) is 28.4 Å². The van der Waals surface area contributed by atoms with E-state index in [1.54, 1.807) is 6.20 Å². The quantitative estimate of drug-likeness (QED) is 0.726. The molecule has 0 bridgehead atoms. The average molecular weight is 330 g/mol. The molecular formula is C17H13Cl2N3. The second kappa shape index (κ2) is 6.77. The van der Waals surface area contributed by atoms with Crippen LogP contribution in [-0.2, 0) is 6.54 Å². The molecule has 22 heavy (non-hydrogen) atoms. The van der Waals surface area contributed by atoms with Crippen LogP contribution in [0.15, 0.2) is 60.8 Å². The first kappa shape index (κ1) is 14.8. The second-order valence-electron chi connectivity index (χ2n) is 4.76. The van der Waals surface area contributed by atoms with Gasteiger partial charge in [-0.25, -0.2) is 9.97 Å². The molecule has 0 radical (unpaired) electrons. The summed E-state index contributed by atoms with van der Waals surface area (Å²) < 4.78 is 0. The summed E-state index contributed by atoms with van der Waals surface area (Å²) >= 11 is 11.9. The number of hydrogen-bond acceptors (Lipinski definition) is 3. The van der Waals surface area contributed by atoms with Crippen LogP contribution in [0.25, 0.3) is 11.3 Å². The van der Waals surface area contributed by atoms with Gasteiger partial charge in [-0.05, 0) is 35.9 Å². The Morgan fingerprint density at radius 1 is 0.909 bits per heavy atom. The van der Waals surface area contributed by atoms with Gasteiger partial charge in [0.25, 0.3) is 0 Å². The van der Waals surface area contributed by atoms with Gasteiger partial charge in [0.1, 0.15) is 0 Å². The van der Waals surface area contributed by atoms with Crippen molar-refractivity contribution in [2.45, 2.75) is 6.54 Å². The summed E-state index contributed by atoms with van der Waals surface area (Å²) in [6.07, 6.45) is 1.73. The maximum Gasteiger partial charge on any atom is 0.223 e. The number of nitrogens with one attached hydrogen (secondary N) is 1. The minimum atomic E-state index is 0.576. The van der Waals surface area contributed by atoms with Crippen molar-refractivity contribution in [2.75, 3.05) is 5.32 Å². The Hall–Kier alpha value is -2.10. The van der Waals surface area contributed by atoms with Gasteiger partial charge in [-0.3, -0.25) is 0 Å². The van der Waals surface area contributed by atoms with E-state index in [0.29, 0.717) is 17.5 Å². The maximum atomic E-state index is 6.02. The van der Waals surface area contributed by atoms with Crippen molar-refractivity contribution >= 4 is 29.2 Å². The number of hydrogen-bond donors (Lipinski definition) is 1. The minimum Gasteiger partial charge on any atom is -0.350 e. The van der Waals surface area contributed by atoms with E-state index in [1.807, 2.05) is 54.6 Å². The standard InChI is InChI=1S/C17H13Cl2N3/c18-14-6-4-12(5-7-14)11-21-17-20-9-8-16(22-17)13-2-1-3-15(19)10-13/h1-10H,11H2,(H,20,21,22). The molecule has 0 spiro atoms. The van der Waals surface area contributed by atoms with Gasteiger partial charge >= 0.3 is 0 Å². The van der Waals surface area contributed by atoms with Gasteiger partial charge in [-0.2, -0.15) is 0 Å². The minimum absolute atomic E-state index is 0.576. The normalized spacial score (nSPS) is 10.5. The molecule has 0 unspecified atom stereocenters. The molecular weight excluding hydrogens is 317 g/mol. The van der Waals surface area contributed by atoms with Crippen LogP contribution in [0.1, 0.15) is 5.56 Å². The Labute approximate surface area is 139 Å². The highest BCUT2D eigenvalue weighted by atomic mass is 35.5. The third kappa shape index (κ3) is 3.75. The van der Waals surface area contributed by atoms with Gasteiger partial charge in [0.05, 0.1) is 5.69 Å². The topological polar surface area (TPSA) is 37.8 Å². The highest BCUT2D eigenvalue weighted by Crippen LogP contribution is 2.21. The highest BCUT2D eigenvalue weighted by Gasteiger charge is 2.03. The monoisotopic (exact) mass is 329 g/mol. The largest absolute Gasteiger partial charge is 0.350 e. The van der Waals surface area contributed by atoms with Crippen molar-refractivity contribution in [3.05, 3.63) is 76.4 Å². The van der Waals surface area contributed by atoms with Crippen molar-refractivity contribution in [3.8, 4) is 11.3 Å². The molecule has 1 heterocycles. The lowest BCUT2D eigenvalue weighted by Crippen LogP contribution is -2.03. The Bertz CT molecular complexity index is 773. The average Bonchev–Trinajstić information content (AvgIpc) is 2.55. The molecule has 3 aromatic rings. The van der Waals surface area contributed by atoms with E-state index in [9.17, 15) is 0 Å². The lowest BCUT2D eigenvalue weighted by atomic mass is 10.1. The van der Waals surface area contributed by atoms with Crippen molar-refractivity contribution in [1.82, 2.24) is 9.97 Å². The summed E-state index contributed by atoms with van der Waals surface area (Å²) in [5.74, 6) is 0.576. The molecule has 1 aromatic heterocycles. The van der Waals surface area contributed by atoms with E-state index in [-0.39, 0.29) is 0 Å². The van der Waals surface area contributed by atoms with Crippen LogP contribution in [-0.4, -0.2) is 9.97 Å². The smallest absolute Gasteiger partial charge is 0.223 e. The second-order valence-corrected chi connectivity index (χ2v) is 5.63. The van der Waals surface area contributed by atoms with Crippen LogP contribution < -0.4 is 5.32 Å². The lowest BCUT2D eigenvalue weighted by molar-refractivity contribution is 1.06. The van der Waals surface area contributed by atoms with Crippen LogP contribution in [0.2, 0.25) is 10.0 Å². The van der Waals surface area contributed by atoms with Gasteiger partial charge in [-0.1, -0.05) is 47.5 Å². The van der Waals surface area contributed by atoms with Gasteiger partial charge in [0.2, 0.25) is 5.95 Å². The molecule has 0 atom stereocenters. The molecule has 110 valence electrons. The fourth-order valence-corrected chi connectivity index (χ4v) is 2.35. The Balaban J connectivity index is 1.75. The predicted molar refractivity (Wildman–Crippen MR) is 91.3 cm³/mol. The number of nitrogens with zero attached hydrogens (tertiary/aromatic N) is 2. The molecule has 0 aliphatic carbocycles. The molecule has 5 heteroatoms. The number of benzene rings is 2. The molecule has 0 saturated heterocycles. The van der Waals surface area contributed by atoms with Gasteiger partial charge in [0.15, 0.2) is 0 Å². The van der Waals surface area contributed by atoms with E-state index in [0.717, 1.165) is 21.8 Å². The Kier molecular flexibility index (Phi) is 4.56. The zero-order chi connectivity index (χ0) is 15.4. The van der Waals surface area contributed by atoms with Crippen LogP contribution in [0.4, 0.5) is 5.95 Å². The fraction of sp³-hybridized carbons (Fsp3) is 0.0588. The first-order valence-corrected chi connectivity index (χ1v) is 7.53. The summed E-state index contributed by atoms with van der Waals surface area (Å²) in [6, 6.07) is 17.1. The fourth-order valence-electron chi connectivity index (χ4n) is 2.04. The van der Waals surface area contributed by atoms with Crippen molar-refractivity contribution in [3.63, 3.8) is 0 Å². The molecule has 0 fully saturated rings. The molecule has 2 aromatic carbocycles. The molecule has 3 rings (SSSR count). The van der Waals surface area contributed by atoms with Gasteiger partial charge < -0.3 is 5.32 Å². The van der Waals surface area contributed by atoms with Crippen molar-refractivity contribution in [1.29, 1.82) is 0 Å².